The Labute approximate surface area is 109 Å². The Hall–Kier alpha value is -1.98. The van der Waals surface area contributed by atoms with E-state index in [1.807, 2.05) is 48.4 Å². The summed E-state index contributed by atoms with van der Waals surface area (Å²) in [6.45, 7) is 0. The molecule has 0 radical (unpaired) electrons. The minimum Gasteiger partial charge on any atom is -0.378 e. The molecule has 0 fully saturated rings. The van der Waals surface area contributed by atoms with E-state index in [-0.39, 0.29) is 12.0 Å². The maximum atomic E-state index is 12.7. The van der Waals surface area contributed by atoms with Crippen LogP contribution in [0.15, 0.2) is 30.5 Å². The lowest BCUT2D eigenvalue weighted by Gasteiger charge is -2.13. The smallest absolute Gasteiger partial charge is 0.378 e. The molecule has 0 spiro atoms. The summed E-state index contributed by atoms with van der Waals surface area (Å²) in [5.74, 6) is 0. The van der Waals surface area contributed by atoms with Crippen LogP contribution in [-0.4, -0.2) is 24.3 Å². The number of aromatic nitrogens is 2. The van der Waals surface area contributed by atoms with Crippen molar-refractivity contribution in [3.05, 3.63) is 47.3 Å². The van der Waals surface area contributed by atoms with Crippen molar-refractivity contribution < 1.29 is 13.2 Å². The monoisotopic (exact) mass is 269 g/mol. The molecular formula is C13H14F3N3. The molecular weight excluding hydrogens is 255 g/mol. The molecule has 0 atom stereocenters. The second-order valence-electron chi connectivity index (χ2n) is 4.51. The molecule has 0 bridgehead atoms. The summed E-state index contributed by atoms with van der Waals surface area (Å²) >= 11 is 0. The highest BCUT2D eigenvalue weighted by molar-refractivity contribution is 5.46. The van der Waals surface area contributed by atoms with Crippen molar-refractivity contribution in [3.63, 3.8) is 0 Å². The van der Waals surface area contributed by atoms with E-state index < -0.39 is 11.9 Å². The van der Waals surface area contributed by atoms with Gasteiger partial charge in [-0.2, -0.15) is 18.3 Å². The Balaban J connectivity index is 2.20. The highest BCUT2D eigenvalue weighted by Gasteiger charge is 2.35. The predicted octanol–water partition coefficient (Wildman–Crippen LogP) is 3.09. The number of anilines is 1. The number of nitrogens with one attached hydrogen (secondary N) is 1. The Bertz CT molecular complexity index is 541. The number of hydrogen-bond donors (Lipinski definition) is 1. The van der Waals surface area contributed by atoms with Crippen LogP contribution < -0.4 is 4.90 Å². The van der Waals surface area contributed by atoms with Crippen molar-refractivity contribution in [2.45, 2.75) is 12.6 Å². The van der Waals surface area contributed by atoms with E-state index in [2.05, 4.69) is 5.10 Å². The fourth-order valence-corrected chi connectivity index (χ4v) is 1.82. The van der Waals surface area contributed by atoms with Gasteiger partial charge in [-0.05, 0) is 17.7 Å². The molecule has 1 aromatic carbocycles. The normalized spacial score (nSPS) is 11.6. The first-order valence-corrected chi connectivity index (χ1v) is 5.73. The van der Waals surface area contributed by atoms with Crippen molar-refractivity contribution >= 4 is 5.69 Å². The van der Waals surface area contributed by atoms with Gasteiger partial charge in [0.25, 0.3) is 0 Å². The van der Waals surface area contributed by atoms with Crippen LogP contribution in [-0.2, 0) is 12.6 Å². The molecule has 3 nitrogen and oxygen atoms in total. The summed E-state index contributed by atoms with van der Waals surface area (Å²) in [6.07, 6.45) is -2.96. The standard InChI is InChI=1S/C13H14F3N3/c1-19(2)11-5-3-9(4-6-11)7-10-8-17-18-12(10)13(14,15)16/h3-6,8H,7H2,1-2H3,(H,17,18). The maximum absolute atomic E-state index is 12.7. The lowest BCUT2D eigenvalue weighted by molar-refractivity contribution is -0.141. The van der Waals surface area contributed by atoms with E-state index in [0.29, 0.717) is 0 Å². The summed E-state index contributed by atoms with van der Waals surface area (Å²) in [7, 11) is 3.82. The van der Waals surface area contributed by atoms with Gasteiger partial charge in [0.1, 0.15) is 5.69 Å². The van der Waals surface area contributed by atoms with Gasteiger partial charge in [-0.25, -0.2) is 0 Å². The van der Waals surface area contributed by atoms with Crippen LogP contribution >= 0.6 is 0 Å². The molecule has 0 saturated carbocycles. The number of benzene rings is 1. The molecule has 0 aliphatic rings. The topological polar surface area (TPSA) is 31.9 Å². The van der Waals surface area contributed by atoms with Crippen molar-refractivity contribution in [2.75, 3.05) is 19.0 Å². The molecule has 0 amide bonds. The summed E-state index contributed by atoms with van der Waals surface area (Å²) in [5.41, 5.74) is 1.21. The highest BCUT2D eigenvalue weighted by Crippen LogP contribution is 2.31. The zero-order valence-electron chi connectivity index (χ0n) is 10.6. The summed E-state index contributed by atoms with van der Waals surface area (Å²) in [5, 5.41) is 5.49. The molecule has 2 aromatic rings. The van der Waals surface area contributed by atoms with Crippen LogP contribution in [0.5, 0.6) is 0 Å². The van der Waals surface area contributed by atoms with Gasteiger partial charge in [0.05, 0.1) is 6.20 Å². The van der Waals surface area contributed by atoms with Gasteiger partial charge >= 0.3 is 6.18 Å². The minimum atomic E-state index is -4.39. The van der Waals surface area contributed by atoms with Crippen molar-refractivity contribution in [3.8, 4) is 0 Å². The van der Waals surface area contributed by atoms with Gasteiger partial charge in [-0.3, -0.25) is 5.10 Å². The van der Waals surface area contributed by atoms with E-state index >= 15 is 0 Å². The third kappa shape index (κ3) is 3.07. The summed E-state index contributed by atoms with van der Waals surface area (Å²) in [4.78, 5) is 1.93. The zero-order chi connectivity index (χ0) is 14.0. The molecule has 0 aliphatic carbocycles. The maximum Gasteiger partial charge on any atom is 0.433 e. The number of halogens is 3. The molecule has 6 heteroatoms. The molecule has 0 saturated heterocycles. The number of alkyl halides is 3. The lowest BCUT2D eigenvalue weighted by Crippen LogP contribution is -2.09. The average molecular weight is 269 g/mol. The van der Waals surface area contributed by atoms with Gasteiger partial charge in [0, 0.05) is 31.8 Å². The summed E-state index contributed by atoms with van der Waals surface area (Å²) < 4.78 is 38.0. The largest absolute Gasteiger partial charge is 0.433 e. The second kappa shape index (κ2) is 4.95. The van der Waals surface area contributed by atoms with E-state index in [1.54, 1.807) is 0 Å². The highest BCUT2D eigenvalue weighted by atomic mass is 19.4. The number of rotatable bonds is 3. The van der Waals surface area contributed by atoms with Gasteiger partial charge < -0.3 is 4.90 Å². The van der Waals surface area contributed by atoms with Gasteiger partial charge in [0.2, 0.25) is 0 Å². The Morgan fingerprint density at radius 3 is 2.32 bits per heavy atom. The Morgan fingerprint density at radius 1 is 1.16 bits per heavy atom. The van der Waals surface area contributed by atoms with Gasteiger partial charge in [-0.15, -0.1) is 0 Å². The van der Waals surface area contributed by atoms with Crippen molar-refractivity contribution in [1.29, 1.82) is 0 Å². The van der Waals surface area contributed by atoms with Crippen LogP contribution in [0.3, 0.4) is 0 Å². The number of hydrogen-bond acceptors (Lipinski definition) is 2. The fourth-order valence-electron chi connectivity index (χ4n) is 1.82. The molecule has 102 valence electrons. The first kappa shape index (κ1) is 13.5. The van der Waals surface area contributed by atoms with Crippen LogP contribution in [0.2, 0.25) is 0 Å². The third-order valence-electron chi connectivity index (χ3n) is 2.85. The molecule has 1 N–H and O–H groups in total. The summed E-state index contributed by atoms with van der Waals surface area (Å²) in [6, 6.07) is 7.40. The first-order valence-electron chi connectivity index (χ1n) is 5.73. The second-order valence-corrected chi connectivity index (χ2v) is 4.51. The molecule has 19 heavy (non-hydrogen) atoms. The molecule has 2 rings (SSSR count). The number of aromatic amines is 1. The SMILES string of the molecule is CN(C)c1ccc(Cc2cn[nH]c2C(F)(F)F)cc1. The fraction of sp³-hybridized carbons (Fsp3) is 0.308. The van der Waals surface area contributed by atoms with Crippen molar-refractivity contribution in [1.82, 2.24) is 10.2 Å². The van der Waals surface area contributed by atoms with Crippen LogP contribution in [0.4, 0.5) is 18.9 Å². The van der Waals surface area contributed by atoms with E-state index in [0.717, 1.165) is 11.3 Å². The quantitative estimate of drug-likeness (QED) is 0.928. The molecule has 1 aromatic heterocycles. The minimum absolute atomic E-state index is 0.158. The number of nitrogens with zero attached hydrogens (tertiary/aromatic N) is 2. The van der Waals surface area contributed by atoms with Crippen LogP contribution in [0.25, 0.3) is 0 Å². The van der Waals surface area contributed by atoms with Crippen LogP contribution in [0.1, 0.15) is 16.8 Å². The predicted molar refractivity (Wildman–Crippen MR) is 67.2 cm³/mol. The Kier molecular flexibility index (Phi) is 3.50. The van der Waals surface area contributed by atoms with Crippen molar-refractivity contribution in [2.24, 2.45) is 0 Å². The van der Waals surface area contributed by atoms with Crippen LogP contribution in [0, 0.1) is 0 Å². The third-order valence-corrected chi connectivity index (χ3v) is 2.85. The first-order chi connectivity index (χ1) is 8.88. The Morgan fingerprint density at radius 2 is 1.79 bits per heavy atom. The zero-order valence-corrected chi connectivity index (χ0v) is 10.6. The molecule has 0 aliphatic heterocycles. The van der Waals surface area contributed by atoms with E-state index in [1.165, 1.54) is 6.20 Å². The van der Waals surface area contributed by atoms with E-state index in [9.17, 15) is 13.2 Å². The van der Waals surface area contributed by atoms with Gasteiger partial charge in [0.15, 0.2) is 0 Å². The molecule has 0 unspecified atom stereocenters. The van der Waals surface area contributed by atoms with Gasteiger partial charge in [-0.1, -0.05) is 12.1 Å². The average Bonchev–Trinajstić information content (AvgIpc) is 2.77. The van der Waals surface area contributed by atoms with E-state index in [4.69, 9.17) is 0 Å². The number of H-pyrrole nitrogens is 1. The lowest BCUT2D eigenvalue weighted by atomic mass is 10.0. The molecule has 1 heterocycles.